The van der Waals surface area contributed by atoms with Crippen LogP contribution in [0.3, 0.4) is 0 Å². The molecule has 10 nitrogen and oxygen atoms in total. The van der Waals surface area contributed by atoms with Gasteiger partial charge in [-0.3, -0.25) is 4.79 Å². The zero-order valence-corrected chi connectivity index (χ0v) is 22.7. The van der Waals surface area contributed by atoms with Gasteiger partial charge < -0.3 is 29.3 Å². The number of aromatic nitrogens is 1. The van der Waals surface area contributed by atoms with E-state index in [0.29, 0.717) is 10.6 Å². The molecule has 3 rings (SSSR count). The Morgan fingerprint density at radius 1 is 1.31 bits per heavy atom. The minimum atomic E-state index is -1.25. The molecule has 0 radical (unpaired) electrons. The third-order valence-corrected chi connectivity index (χ3v) is 7.62. The van der Waals surface area contributed by atoms with Crippen LogP contribution >= 0.6 is 23.1 Å². The fraction of sp³-hybridized carbons (Fsp3) is 0.583. The van der Waals surface area contributed by atoms with E-state index in [4.69, 9.17) is 14.2 Å². The molecule has 0 saturated carbocycles. The van der Waals surface area contributed by atoms with E-state index in [1.54, 1.807) is 23.9 Å². The number of nitrogens with zero attached hydrogens (tertiary/aromatic N) is 2. The summed E-state index contributed by atoms with van der Waals surface area (Å²) in [6.45, 7) is 10.4. The Hall–Kier alpha value is -2.41. The van der Waals surface area contributed by atoms with Gasteiger partial charge in [-0.1, -0.05) is 39.5 Å². The molecular weight excluding hydrogens is 508 g/mol. The van der Waals surface area contributed by atoms with Crippen molar-refractivity contribution in [2.24, 2.45) is 17.3 Å². The smallest absolute Gasteiger partial charge is 0.434 e. The molecule has 1 amide bonds. The van der Waals surface area contributed by atoms with Gasteiger partial charge in [0.25, 0.3) is 0 Å². The number of aliphatic hydroxyl groups is 2. The summed E-state index contributed by atoms with van der Waals surface area (Å²) in [4.78, 5) is 44.8. The zero-order valence-electron chi connectivity index (χ0n) is 21.1. The summed E-state index contributed by atoms with van der Waals surface area (Å²) in [5, 5.41) is 21.3. The number of esters is 1. The van der Waals surface area contributed by atoms with Crippen LogP contribution in [0.1, 0.15) is 52.1 Å². The van der Waals surface area contributed by atoms with Crippen molar-refractivity contribution in [1.82, 2.24) is 9.88 Å². The Morgan fingerprint density at radius 2 is 2.00 bits per heavy atom. The van der Waals surface area contributed by atoms with Gasteiger partial charge in [-0.15, -0.1) is 11.3 Å². The molecule has 1 unspecified atom stereocenters. The predicted octanol–water partition coefficient (Wildman–Crippen LogP) is 3.50. The quantitative estimate of drug-likeness (QED) is 0.272. The number of β-lactam (4-membered cyclic amide) rings is 1. The topological polar surface area (TPSA) is 135 Å². The summed E-state index contributed by atoms with van der Waals surface area (Å²) in [6, 6.07) is -0.389. The first-order chi connectivity index (χ1) is 16.9. The number of ether oxygens (including phenoxy) is 3. The van der Waals surface area contributed by atoms with E-state index in [0.717, 1.165) is 4.88 Å². The second kappa shape index (κ2) is 11.3. The Bertz CT molecular complexity index is 1060. The largest absolute Gasteiger partial charge is 0.511 e. The van der Waals surface area contributed by atoms with Gasteiger partial charge >= 0.3 is 12.1 Å². The van der Waals surface area contributed by atoms with Gasteiger partial charge in [-0.25, -0.2) is 14.6 Å². The van der Waals surface area contributed by atoms with Gasteiger partial charge in [0.2, 0.25) is 12.2 Å². The molecule has 0 spiro atoms. The van der Waals surface area contributed by atoms with Crippen molar-refractivity contribution in [2.45, 2.75) is 66.6 Å². The first kappa shape index (κ1) is 28.2. The number of fused-ring (bicyclic) bond motifs is 1. The SMILES string of the molecule is CC(OC(=O)OCC(C)(C)C)OC(=O)C1=C(SC=Cc2scnc2CO)[C@H](C)[C@@H]2[C@@H]([C@@H](C)O)C(=O)N12. The number of hydrogen-bond donors (Lipinski definition) is 2. The average molecular weight is 541 g/mol. The van der Waals surface area contributed by atoms with Crippen molar-refractivity contribution in [2.75, 3.05) is 6.61 Å². The van der Waals surface area contributed by atoms with Crippen molar-refractivity contribution < 1.29 is 38.8 Å². The molecule has 2 aliphatic heterocycles. The van der Waals surface area contributed by atoms with Crippen molar-refractivity contribution in [3.05, 3.63) is 32.1 Å². The molecule has 12 heteroatoms. The highest BCUT2D eigenvalue weighted by Gasteiger charge is 2.60. The van der Waals surface area contributed by atoms with Crippen molar-refractivity contribution in [1.29, 1.82) is 0 Å². The summed E-state index contributed by atoms with van der Waals surface area (Å²) in [5.41, 5.74) is 1.98. The van der Waals surface area contributed by atoms with E-state index < -0.39 is 30.4 Å². The lowest BCUT2D eigenvalue weighted by Crippen LogP contribution is -2.63. The number of thioether (sulfide) groups is 1. The first-order valence-corrected chi connectivity index (χ1v) is 13.3. The highest BCUT2D eigenvalue weighted by atomic mass is 32.2. The van der Waals surface area contributed by atoms with Crippen LogP contribution in [-0.2, 0) is 30.4 Å². The number of aliphatic hydroxyl groups excluding tert-OH is 2. The van der Waals surface area contributed by atoms with E-state index >= 15 is 0 Å². The summed E-state index contributed by atoms with van der Waals surface area (Å²) >= 11 is 2.61. The van der Waals surface area contributed by atoms with Crippen molar-refractivity contribution in [3.8, 4) is 0 Å². The van der Waals surface area contributed by atoms with Gasteiger partial charge in [0, 0.05) is 17.7 Å². The maximum Gasteiger partial charge on any atom is 0.511 e. The lowest BCUT2D eigenvalue weighted by atomic mass is 9.79. The summed E-state index contributed by atoms with van der Waals surface area (Å²) in [7, 11) is 0. The van der Waals surface area contributed by atoms with E-state index in [1.165, 1.54) is 34.9 Å². The van der Waals surface area contributed by atoms with Gasteiger partial charge in [0.05, 0.1) is 47.4 Å². The number of amides is 1. The van der Waals surface area contributed by atoms with Crippen LogP contribution < -0.4 is 0 Å². The number of thiazole rings is 1. The molecule has 1 fully saturated rings. The van der Waals surface area contributed by atoms with Crippen LogP contribution in [-0.4, -0.2) is 63.2 Å². The van der Waals surface area contributed by atoms with E-state index in [1.807, 2.05) is 27.7 Å². The highest BCUT2D eigenvalue weighted by molar-refractivity contribution is 8.06. The van der Waals surface area contributed by atoms with Gasteiger partial charge in [-0.05, 0) is 23.8 Å². The van der Waals surface area contributed by atoms with Crippen LogP contribution in [0.25, 0.3) is 6.08 Å². The van der Waals surface area contributed by atoms with Crippen molar-refractivity contribution >= 4 is 47.2 Å². The zero-order chi connectivity index (χ0) is 26.8. The molecule has 1 aromatic rings. The molecule has 1 aromatic heterocycles. The van der Waals surface area contributed by atoms with Gasteiger partial charge in [0.15, 0.2) is 0 Å². The number of carbonyl (C=O) groups is 3. The van der Waals surface area contributed by atoms with Crippen LogP contribution in [0.5, 0.6) is 0 Å². The summed E-state index contributed by atoms with van der Waals surface area (Å²) in [6.07, 6.45) is -1.31. The molecule has 0 bridgehead atoms. The average Bonchev–Trinajstić information content (AvgIpc) is 3.32. The molecule has 1 saturated heterocycles. The summed E-state index contributed by atoms with van der Waals surface area (Å²) < 4.78 is 15.4. The molecule has 0 aromatic carbocycles. The summed E-state index contributed by atoms with van der Waals surface area (Å²) in [5.74, 6) is -2.06. The van der Waals surface area contributed by atoms with Crippen LogP contribution in [0, 0.1) is 17.3 Å². The number of rotatable bonds is 9. The second-order valence-corrected chi connectivity index (χ2v) is 11.7. The maximum atomic E-state index is 13.2. The second-order valence-electron chi connectivity index (χ2n) is 9.90. The molecule has 36 heavy (non-hydrogen) atoms. The Balaban J connectivity index is 1.77. The minimum absolute atomic E-state index is 0.0641. The van der Waals surface area contributed by atoms with Crippen LogP contribution in [0.2, 0.25) is 0 Å². The fourth-order valence-electron chi connectivity index (χ4n) is 4.05. The lowest BCUT2D eigenvalue weighted by Gasteiger charge is -2.46. The molecule has 198 valence electrons. The number of carbonyl (C=O) groups excluding carboxylic acids is 3. The van der Waals surface area contributed by atoms with Gasteiger partial charge in [-0.2, -0.15) is 0 Å². The predicted molar refractivity (Wildman–Crippen MR) is 134 cm³/mol. The normalized spacial score (nSPS) is 23.4. The molecular formula is C24H32N2O8S2. The first-order valence-electron chi connectivity index (χ1n) is 11.5. The number of hydrogen-bond acceptors (Lipinski definition) is 11. The standard InChI is InChI=1S/C24H32N2O8S2/c1-12-18-17(13(2)28)21(29)26(18)19(20(12)35-8-7-16-15(9-27)25-11-36-16)22(30)33-14(3)34-23(31)32-10-24(4,5)6/h7-8,11-14,17-18,27-28H,9-10H2,1-6H3/t12-,13-,14?,17-,18-/m1/s1. The lowest BCUT2D eigenvalue weighted by molar-refractivity contribution is -0.173. The molecule has 3 heterocycles. The molecule has 2 aliphatic rings. The Kier molecular flexibility index (Phi) is 8.86. The fourth-order valence-corrected chi connectivity index (χ4v) is 5.82. The highest BCUT2D eigenvalue weighted by Crippen LogP contribution is 2.51. The minimum Gasteiger partial charge on any atom is -0.434 e. The van der Waals surface area contributed by atoms with E-state index in [9.17, 15) is 24.6 Å². The van der Waals surface area contributed by atoms with E-state index in [-0.39, 0.29) is 42.2 Å². The van der Waals surface area contributed by atoms with E-state index in [2.05, 4.69) is 4.98 Å². The van der Waals surface area contributed by atoms with Crippen LogP contribution in [0.4, 0.5) is 4.79 Å². The molecule has 0 aliphatic carbocycles. The molecule has 2 N–H and O–H groups in total. The third kappa shape index (κ3) is 6.10. The third-order valence-electron chi connectivity index (χ3n) is 5.70. The Morgan fingerprint density at radius 3 is 2.61 bits per heavy atom. The molecule has 5 atom stereocenters. The maximum absolute atomic E-state index is 13.2. The van der Waals surface area contributed by atoms with Gasteiger partial charge in [0.1, 0.15) is 5.70 Å². The van der Waals surface area contributed by atoms with Crippen LogP contribution in [0.15, 0.2) is 21.5 Å². The van der Waals surface area contributed by atoms with Crippen molar-refractivity contribution in [3.63, 3.8) is 0 Å². The monoisotopic (exact) mass is 540 g/mol. The Labute approximate surface area is 218 Å².